The van der Waals surface area contributed by atoms with E-state index >= 15 is 0 Å². The summed E-state index contributed by atoms with van der Waals surface area (Å²) in [5, 5.41) is 0. The fourth-order valence-corrected chi connectivity index (χ4v) is 3.96. The first kappa shape index (κ1) is 18.7. The Labute approximate surface area is 161 Å². The molecule has 148 valence electrons. The maximum absolute atomic E-state index is 14.7. The van der Waals surface area contributed by atoms with Gasteiger partial charge in [0.25, 0.3) is 0 Å². The van der Waals surface area contributed by atoms with Gasteiger partial charge >= 0.3 is 0 Å². The van der Waals surface area contributed by atoms with Gasteiger partial charge in [0.2, 0.25) is 11.6 Å². The van der Waals surface area contributed by atoms with E-state index in [2.05, 4.69) is 0 Å². The van der Waals surface area contributed by atoms with E-state index in [0.29, 0.717) is 25.0 Å². The summed E-state index contributed by atoms with van der Waals surface area (Å²) in [7, 11) is 0. The lowest BCUT2D eigenvalue weighted by Gasteiger charge is -2.25. The second-order valence-electron chi connectivity index (χ2n) is 6.83. The highest BCUT2D eigenvalue weighted by molar-refractivity contribution is 5.69. The molecule has 6 heteroatoms. The van der Waals surface area contributed by atoms with Crippen LogP contribution < -0.4 is 14.2 Å². The lowest BCUT2D eigenvalue weighted by Crippen LogP contribution is -2.22. The molecule has 2 unspecified atom stereocenters. The molecule has 0 fully saturated rings. The third kappa shape index (κ3) is 3.01. The fraction of sp³-hybridized carbons (Fsp3) is 0.364. The number of halogens is 3. The molecule has 0 radical (unpaired) electrons. The molecule has 0 aromatic heterocycles. The van der Waals surface area contributed by atoms with E-state index in [4.69, 9.17) is 14.2 Å². The van der Waals surface area contributed by atoms with E-state index in [-0.39, 0.29) is 41.4 Å². The molecule has 0 N–H and O–H groups in total. The highest BCUT2D eigenvalue weighted by Crippen LogP contribution is 2.49. The maximum atomic E-state index is 14.7. The predicted molar refractivity (Wildman–Crippen MR) is 99.5 cm³/mol. The fourth-order valence-electron chi connectivity index (χ4n) is 3.96. The van der Waals surface area contributed by atoms with E-state index in [1.165, 1.54) is 12.1 Å². The second kappa shape index (κ2) is 7.41. The monoisotopic (exact) mass is 390 g/mol. The van der Waals surface area contributed by atoms with E-state index in [9.17, 15) is 13.2 Å². The van der Waals surface area contributed by atoms with Gasteiger partial charge in [0.1, 0.15) is 6.10 Å². The van der Waals surface area contributed by atoms with Gasteiger partial charge in [-0.2, -0.15) is 8.78 Å². The Hall–Kier alpha value is -2.63. The Bertz CT molecular complexity index is 939. The number of ether oxygens (including phenoxy) is 3. The normalized spacial score (nSPS) is 20.1. The van der Waals surface area contributed by atoms with Crippen LogP contribution >= 0.6 is 0 Å². The number of hydrogen-bond donors (Lipinski definition) is 0. The molecule has 0 saturated heterocycles. The Morgan fingerprint density at radius 2 is 1.61 bits per heavy atom. The topological polar surface area (TPSA) is 27.7 Å². The summed E-state index contributed by atoms with van der Waals surface area (Å²) in [5.41, 5.74) is 1.63. The highest BCUT2D eigenvalue weighted by Gasteiger charge is 2.39. The van der Waals surface area contributed by atoms with Crippen LogP contribution in [0.15, 0.2) is 30.3 Å². The Morgan fingerprint density at radius 3 is 2.32 bits per heavy atom. The molecule has 0 saturated carbocycles. The summed E-state index contributed by atoms with van der Waals surface area (Å²) in [6.07, 6.45) is 2.49. The smallest absolute Gasteiger partial charge is 0.207 e. The van der Waals surface area contributed by atoms with Gasteiger partial charge in [0.05, 0.1) is 13.2 Å². The van der Waals surface area contributed by atoms with Gasteiger partial charge in [-0.3, -0.25) is 0 Å². The molecule has 0 spiro atoms. The number of hydrogen-bond acceptors (Lipinski definition) is 3. The zero-order valence-corrected chi connectivity index (χ0v) is 15.7. The van der Waals surface area contributed by atoms with Gasteiger partial charge in [-0.25, -0.2) is 4.39 Å². The number of rotatable bonds is 5. The summed E-state index contributed by atoms with van der Waals surface area (Å²) < 4.78 is 59.7. The molecule has 28 heavy (non-hydrogen) atoms. The van der Waals surface area contributed by atoms with Gasteiger partial charge < -0.3 is 14.2 Å². The zero-order valence-electron chi connectivity index (χ0n) is 15.7. The molecule has 4 rings (SSSR count). The molecule has 3 nitrogen and oxygen atoms in total. The van der Waals surface area contributed by atoms with E-state index < -0.39 is 17.5 Å². The van der Waals surface area contributed by atoms with Crippen molar-refractivity contribution in [3.05, 3.63) is 58.9 Å². The average molecular weight is 390 g/mol. The largest absolute Gasteiger partial charge is 0.491 e. The van der Waals surface area contributed by atoms with Crippen molar-refractivity contribution in [3.8, 4) is 17.2 Å². The van der Waals surface area contributed by atoms with Crippen LogP contribution in [0, 0.1) is 17.5 Å². The molecule has 2 aromatic carbocycles. The van der Waals surface area contributed by atoms with Crippen molar-refractivity contribution in [2.45, 2.75) is 38.7 Å². The molecule has 2 aromatic rings. The van der Waals surface area contributed by atoms with Crippen molar-refractivity contribution < 1.29 is 27.4 Å². The first-order chi connectivity index (χ1) is 13.5. The van der Waals surface area contributed by atoms with Crippen LogP contribution in [0.2, 0.25) is 0 Å². The molecule has 0 bridgehead atoms. The molecular formula is C22H21F3O3. The van der Waals surface area contributed by atoms with Crippen molar-refractivity contribution in [1.82, 2.24) is 0 Å². The SMILES string of the molecule is CCOc1ccc(C2=CCC3c4ccc(OCC)c(F)c4OC3C2)c(F)c1F. The summed E-state index contributed by atoms with van der Waals surface area (Å²) in [5.74, 6) is -2.19. The van der Waals surface area contributed by atoms with Crippen LogP contribution in [0.4, 0.5) is 13.2 Å². The third-order valence-corrected chi connectivity index (χ3v) is 5.24. The minimum Gasteiger partial charge on any atom is -0.491 e. The van der Waals surface area contributed by atoms with Gasteiger partial charge in [-0.1, -0.05) is 12.1 Å². The Morgan fingerprint density at radius 1 is 0.929 bits per heavy atom. The first-order valence-corrected chi connectivity index (χ1v) is 9.47. The third-order valence-electron chi connectivity index (χ3n) is 5.24. The number of fused-ring (bicyclic) bond motifs is 3. The number of benzene rings is 2. The quantitative estimate of drug-likeness (QED) is 0.663. The highest BCUT2D eigenvalue weighted by atomic mass is 19.2. The molecule has 1 heterocycles. The summed E-state index contributed by atoms with van der Waals surface area (Å²) in [6, 6.07) is 6.39. The summed E-state index contributed by atoms with van der Waals surface area (Å²) in [4.78, 5) is 0. The summed E-state index contributed by atoms with van der Waals surface area (Å²) in [6.45, 7) is 4.11. The second-order valence-corrected chi connectivity index (χ2v) is 6.83. The summed E-state index contributed by atoms with van der Waals surface area (Å²) >= 11 is 0. The first-order valence-electron chi connectivity index (χ1n) is 9.47. The van der Waals surface area contributed by atoms with Gasteiger partial charge in [-0.15, -0.1) is 0 Å². The molecule has 0 amide bonds. The van der Waals surface area contributed by atoms with E-state index in [1.54, 1.807) is 19.9 Å². The minimum absolute atomic E-state index is 0.0143. The Kier molecular flexibility index (Phi) is 4.96. The van der Waals surface area contributed by atoms with Crippen LogP contribution in [-0.4, -0.2) is 19.3 Å². The van der Waals surface area contributed by atoms with Crippen molar-refractivity contribution in [3.63, 3.8) is 0 Å². The van der Waals surface area contributed by atoms with Gasteiger partial charge in [-0.05, 0) is 44.0 Å². The molecule has 1 aliphatic heterocycles. The van der Waals surface area contributed by atoms with Crippen LogP contribution in [-0.2, 0) is 0 Å². The molecule has 2 atom stereocenters. The van der Waals surface area contributed by atoms with Crippen LogP contribution in [0.1, 0.15) is 43.7 Å². The van der Waals surface area contributed by atoms with Crippen molar-refractivity contribution in [1.29, 1.82) is 0 Å². The Balaban J connectivity index is 1.61. The van der Waals surface area contributed by atoms with Crippen LogP contribution in [0.25, 0.3) is 5.57 Å². The zero-order chi connectivity index (χ0) is 19.8. The lowest BCUT2D eigenvalue weighted by atomic mass is 9.81. The van der Waals surface area contributed by atoms with E-state index in [0.717, 1.165) is 5.56 Å². The lowest BCUT2D eigenvalue weighted by molar-refractivity contribution is 0.198. The standard InChI is InChI=1S/C22H21F3O3/c1-3-26-16-9-7-13(19(23)20(16)24)12-5-6-14-15-8-10-17(27-4-2)21(25)22(15)28-18(14)11-12/h5,7-10,14,18H,3-4,6,11H2,1-2H3. The van der Waals surface area contributed by atoms with Crippen LogP contribution in [0.5, 0.6) is 17.2 Å². The molecule has 1 aliphatic carbocycles. The van der Waals surface area contributed by atoms with Crippen molar-refractivity contribution in [2.75, 3.05) is 13.2 Å². The van der Waals surface area contributed by atoms with Gasteiger partial charge in [0, 0.05) is 23.5 Å². The molecular weight excluding hydrogens is 369 g/mol. The van der Waals surface area contributed by atoms with Gasteiger partial charge in [0.15, 0.2) is 23.1 Å². The average Bonchev–Trinajstić information content (AvgIpc) is 3.07. The maximum Gasteiger partial charge on any atom is 0.207 e. The van der Waals surface area contributed by atoms with E-state index in [1.807, 2.05) is 12.1 Å². The molecule has 2 aliphatic rings. The van der Waals surface area contributed by atoms with Crippen LogP contribution in [0.3, 0.4) is 0 Å². The number of allylic oxidation sites excluding steroid dienone is 1. The van der Waals surface area contributed by atoms with Crippen molar-refractivity contribution >= 4 is 5.57 Å². The minimum atomic E-state index is -0.995. The van der Waals surface area contributed by atoms with Crippen molar-refractivity contribution in [2.24, 2.45) is 0 Å². The predicted octanol–water partition coefficient (Wildman–Crippen LogP) is 5.62.